The minimum absolute atomic E-state index is 0.0283. The zero-order valence-electron chi connectivity index (χ0n) is 11.0. The highest BCUT2D eigenvalue weighted by Crippen LogP contribution is 2.11. The number of nitrogens with two attached hydrogens (primary N) is 1. The first-order valence-electron chi connectivity index (χ1n) is 6.45. The van der Waals surface area contributed by atoms with Gasteiger partial charge in [0, 0.05) is 19.1 Å². The molecule has 1 aliphatic rings. The van der Waals surface area contributed by atoms with Crippen LogP contribution in [0.2, 0.25) is 0 Å². The van der Waals surface area contributed by atoms with E-state index in [1.165, 1.54) is 12.1 Å². The summed E-state index contributed by atoms with van der Waals surface area (Å²) in [5.41, 5.74) is 6.61. The van der Waals surface area contributed by atoms with Crippen LogP contribution in [0, 0.1) is 5.82 Å². The molecule has 4 nitrogen and oxygen atoms in total. The fourth-order valence-electron chi connectivity index (χ4n) is 2.11. The molecule has 1 aliphatic heterocycles. The quantitative estimate of drug-likeness (QED) is 0.886. The highest BCUT2D eigenvalue weighted by molar-refractivity contribution is 5.78. The third-order valence-electron chi connectivity index (χ3n) is 3.30. The van der Waals surface area contributed by atoms with Gasteiger partial charge in [0.05, 0.1) is 19.1 Å². The van der Waals surface area contributed by atoms with E-state index in [1.807, 2.05) is 6.92 Å². The Morgan fingerprint density at radius 2 is 2.21 bits per heavy atom. The SMILES string of the molecule is CC(N)C1CN(C(=O)Cc2ccc(F)cc2)CCO1. The van der Waals surface area contributed by atoms with E-state index in [0.29, 0.717) is 19.7 Å². The molecule has 1 aromatic rings. The number of morpholine rings is 1. The van der Waals surface area contributed by atoms with Gasteiger partial charge in [-0.3, -0.25) is 4.79 Å². The number of nitrogens with zero attached hydrogens (tertiary/aromatic N) is 1. The molecule has 0 bridgehead atoms. The molecule has 0 radical (unpaired) electrons. The third kappa shape index (κ3) is 3.75. The van der Waals surface area contributed by atoms with Gasteiger partial charge in [-0.25, -0.2) is 4.39 Å². The molecule has 0 aromatic heterocycles. The van der Waals surface area contributed by atoms with Gasteiger partial charge in [-0.15, -0.1) is 0 Å². The third-order valence-corrected chi connectivity index (χ3v) is 3.30. The Balaban J connectivity index is 1.94. The summed E-state index contributed by atoms with van der Waals surface area (Å²) in [5, 5.41) is 0. The molecule has 0 aliphatic carbocycles. The van der Waals surface area contributed by atoms with Crippen molar-refractivity contribution in [2.24, 2.45) is 5.73 Å². The number of benzene rings is 1. The highest BCUT2D eigenvalue weighted by Gasteiger charge is 2.26. The molecule has 1 fully saturated rings. The number of amides is 1. The molecule has 19 heavy (non-hydrogen) atoms. The van der Waals surface area contributed by atoms with E-state index in [4.69, 9.17) is 10.5 Å². The lowest BCUT2D eigenvalue weighted by atomic mass is 10.1. The average molecular weight is 266 g/mol. The van der Waals surface area contributed by atoms with E-state index in [-0.39, 0.29) is 30.3 Å². The number of halogens is 1. The molecule has 0 saturated carbocycles. The maximum atomic E-state index is 12.8. The van der Waals surface area contributed by atoms with Crippen molar-refractivity contribution < 1.29 is 13.9 Å². The first kappa shape index (κ1) is 14.0. The Morgan fingerprint density at radius 3 is 2.84 bits per heavy atom. The van der Waals surface area contributed by atoms with Crippen LogP contribution in [-0.4, -0.2) is 42.6 Å². The summed E-state index contributed by atoms with van der Waals surface area (Å²) < 4.78 is 18.3. The van der Waals surface area contributed by atoms with Gasteiger partial charge in [-0.05, 0) is 24.6 Å². The summed E-state index contributed by atoms with van der Waals surface area (Å²) in [6.45, 7) is 3.50. The number of ether oxygens (including phenoxy) is 1. The maximum absolute atomic E-state index is 12.8. The molecule has 1 amide bonds. The monoisotopic (exact) mass is 266 g/mol. The molecule has 2 N–H and O–H groups in total. The summed E-state index contributed by atoms with van der Waals surface area (Å²) in [4.78, 5) is 13.9. The maximum Gasteiger partial charge on any atom is 0.227 e. The first-order valence-corrected chi connectivity index (χ1v) is 6.45. The summed E-state index contributed by atoms with van der Waals surface area (Å²) in [7, 11) is 0. The van der Waals surface area contributed by atoms with Crippen LogP contribution in [-0.2, 0) is 16.0 Å². The van der Waals surface area contributed by atoms with E-state index < -0.39 is 0 Å². The van der Waals surface area contributed by atoms with E-state index in [9.17, 15) is 9.18 Å². The van der Waals surface area contributed by atoms with Crippen LogP contribution in [0.1, 0.15) is 12.5 Å². The van der Waals surface area contributed by atoms with Crippen LogP contribution in [0.3, 0.4) is 0 Å². The van der Waals surface area contributed by atoms with Crippen molar-refractivity contribution in [1.82, 2.24) is 4.90 Å². The van der Waals surface area contributed by atoms with Crippen molar-refractivity contribution in [3.05, 3.63) is 35.6 Å². The fourth-order valence-corrected chi connectivity index (χ4v) is 2.11. The Kier molecular flexibility index (Phi) is 4.50. The molecule has 2 unspecified atom stereocenters. The molecule has 1 heterocycles. The van der Waals surface area contributed by atoms with Gasteiger partial charge in [0.1, 0.15) is 5.82 Å². The Bertz CT molecular complexity index is 434. The number of hydrogen-bond donors (Lipinski definition) is 1. The van der Waals surface area contributed by atoms with Gasteiger partial charge < -0.3 is 15.4 Å². The topological polar surface area (TPSA) is 55.6 Å². The second-order valence-electron chi connectivity index (χ2n) is 4.91. The minimum atomic E-state index is -0.292. The van der Waals surface area contributed by atoms with E-state index in [1.54, 1.807) is 17.0 Å². The van der Waals surface area contributed by atoms with Gasteiger partial charge in [0.2, 0.25) is 5.91 Å². The molecular formula is C14H19FN2O2. The average Bonchev–Trinajstić information content (AvgIpc) is 2.41. The van der Waals surface area contributed by atoms with Crippen molar-refractivity contribution >= 4 is 5.91 Å². The van der Waals surface area contributed by atoms with Gasteiger partial charge in [0.25, 0.3) is 0 Å². The molecule has 2 rings (SSSR count). The lowest BCUT2D eigenvalue weighted by Crippen LogP contribution is -2.51. The molecule has 104 valence electrons. The minimum Gasteiger partial charge on any atom is -0.373 e. The number of hydrogen-bond acceptors (Lipinski definition) is 3. The lowest BCUT2D eigenvalue weighted by Gasteiger charge is -2.34. The highest BCUT2D eigenvalue weighted by atomic mass is 19.1. The van der Waals surface area contributed by atoms with E-state index in [0.717, 1.165) is 5.56 Å². The molecular weight excluding hydrogens is 247 g/mol. The summed E-state index contributed by atoms with van der Waals surface area (Å²) in [6.07, 6.45) is 0.178. The van der Waals surface area contributed by atoms with Gasteiger partial charge in [-0.2, -0.15) is 0 Å². The lowest BCUT2D eigenvalue weighted by molar-refractivity contribution is -0.138. The van der Waals surface area contributed by atoms with Crippen LogP contribution in [0.15, 0.2) is 24.3 Å². The molecule has 2 atom stereocenters. The van der Waals surface area contributed by atoms with E-state index >= 15 is 0 Å². The van der Waals surface area contributed by atoms with Crippen LogP contribution in [0.4, 0.5) is 4.39 Å². The van der Waals surface area contributed by atoms with Crippen LogP contribution in [0.25, 0.3) is 0 Å². The Labute approximate surface area is 112 Å². The molecule has 1 aromatic carbocycles. The second kappa shape index (κ2) is 6.12. The second-order valence-corrected chi connectivity index (χ2v) is 4.91. The summed E-state index contributed by atoms with van der Waals surface area (Å²) >= 11 is 0. The Hall–Kier alpha value is -1.46. The van der Waals surface area contributed by atoms with Gasteiger partial charge >= 0.3 is 0 Å². The zero-order chi connectivity index (χ0) is 13.8. The normalized spacial score (nSPS) is 21.2. The number of carbonyl (C=O) groups is 1. The van der Waals surface area contributed by atoms with Crippen molar-refractivity contribution in [3.8, 4) is 0 Å². The summed E-state index contributed by atoms with van der Waals surface area (Å²) in [6, 6.07) is 5.91. The van der Waals surface area contributed by atoms with Gasteiger partial charge in [-0.1, -0.05) is 12.1 Å². The number of rotatable bonds is 3. The molecule has 0 spiro atoms. The van der Waals surface area contributed by atoms with Crippen LogP contribution >= 0.6 is 0 Å². The van der Waals surface area contributed by atoms with E-state index in [2.05, 4.69) is 0 Å². The van der Waals surface area contributed by atoms with Crippen molar-refractivity contribution in [2.45, 2.75) is 25.5 Å². The summed E-state index contributed by atoms with van der Waals surface area (Å²) in [5.74, 6) is -0.264. The predicted molar refractivity (Wildman–Crippen MR) is 70.1 cm³/mol. The smallest absolute Gasteiger partial charge is 0.227 e. The zero-order valence-corrected chi connectivity index (χ0v) is 11.0. The van der Waals surface area contributed by atoms with Gasteiger partial charge in [0.15, 0.2) is 0 Å². The van der Waals surface area contributed by atoms with Crippen molar-refractivity contribution in [2.75, 3.05) is 19.7 Å². The van der Waals surface area contributed by atoms with Crippen LogP contribution < -0.4 is 5.73 Å². The standard InChI is InChI=1S/C14H19FN2O2/c1-10(16)13-9-17(6-7-19-13)14(18)8-11-2-4-12(15)5-3-11/h2-5,10,13H,6-9,16H2,1H3. The van der Waals surface area contributed by atoms with Crippen LogP contribution in [0.5, 0.6) is 0 Å². The van der Waals surface area contributed by atoms with Crippen molar-refractivity contribution in [3.63, 3.8) is 0 Å². The predicted octanol–water partition coefficient (Wildman–Crippen LogP) is 0.943. The fraction of sp³-hybridized carbons (Fsp3) is 0.500. The molecule has 5 heteroatoms. The Morgan fingerprint density at radius 1 is 1.53 bits per heavy atom. The first-order chi connectivity index (χ1) is 9.06. The number of carbonyl (C=O) groups excluding carboxylic acids is 1. The molecule has 1 saturated heterocycles. The largest absolute Gasteiger partial charge is 0.373 e. The van der Waals surface area contributed by atoms with Crippen molar-refractivity contribution in [1.29, 1.82) is 0 Å².